The van der Waals surface area contributed by atoms with Crippen molar-refractivity contribution in [1.82, 2.24) is 0 Å². The molecule has 3 unspecified atom stereocenters. The highest BCUT2D eigenvalue weighted by atomic mass is 19.1. The van der Waals surface area contributed by atoms with E-state index in [1.165, 1.54) is 6.42 Å². The maximum absolute atomic E-state index is 13.8. The molecule has 18 heavy (non-hydrogen) atoms. The van der Waals surface area contributed by atoms with Crippen LogP contribution >= 0.6 is 0 Å². The van der Waals surface area contributed by atoms with Crippen LogP contribution in [-0.4, -0.2) is 12.6 Å². The normalized spacial score (nSPS) is 28.5. The van der Waals surface area contributed by atoms with Crippen molar-refractivity contribution >= 4 is 5.69 Å². The van der Waals surface area contributed by atoms with Gasteiger partial charge in [0.15, 0.2) is 0 Å². The van der Waals surface area contributed by atoms with Gasteiger partial charge in [-0.3, -0.25) is 0 Å². The van der Waals surface area contributed by atoms with Crippen molar-refractivity contribution in [3.63, 3.8) is 0 Å². The summed E-state index contributed by atoms with van der Waals surface area (Å²) in [4.78, 5) is 2.32. The minimum absolute atomic E-state index is 0.187. The topological polar surface area (TPSA) is 29.3 Å². The lowest BCUT2D eigenvalue weighted by Crippen LogP contribution is -2.45. The van der Waals surface area contributed by atoms with E-state index < -0.39 is 0 Å². The zero-order valence-corrected chi connectivity index (χ0v) is 11.5. The fourth-order valence-corrected chi connectivity index (χ4v) is 2.94. The molecule has 0 aliphatic carbocycles. The van der Waals surface area contributed by atoms with E-state index in [4.69, 9.17) is 5.73 Å². The average Bonchev–Trinajstić information content (AvgIpc) is 2.33. The summed E-state index contributed by atoms with van der Waals surface area (Å²) in [7, 11) is 0. The molecule has 2 rings (SSSR count). The molecule has 0 spiro atoms. The van der Waals surface area contributed by atoms with Crippen LogP contribution in [0.15, 0.2) is 18.2 Å². The Morgan fingerprint density at radius 2 is 2.06 bits per heavy atom. The Labute approximate surface area is 109 Å². The van der Waals surface area contributed by atoms with Crippen molar-refractivity contribution in [2.24, 2.45) is 17.6 Å². The highest BCUT2D eigenvalue weighted by Gasteiger charge is 2.29. The van der Waals surface area contributed by atoms with E-state index in [1.807, 2.05) is 6.07 Å². The number of nitrogens with zero attached hydrogens (tertiary/aromatic N) is 1. The fraction of sp³-hybridized carbons (Fsp3) is 0.600. The van der Waals surface area contributed by atoms with Crippen LogP contribution < -0.4 is 10.6 Å². The van der Waals surface area contributed by atoms with Crippen molar-refractivity contribution in [2.75, 3.05) is 11.4 Å². The van der Waals surface area contributed by atoms with E-state index >= 15 is 0 Å². The third kappa shape index (κ3) is 2.51. The number of rotatable bonds is 2. The summed E-state index contributed by atoms with van der Waals surface area (Å²) in [5, 5.41) is 0. The highest BCUT2D eigenvalue weighted by Crippen LogP contribution is 2.31. The SMILES string of the molecule is CC1CC(C)C(C)N(c2ccc(CN)c(F)c2)C1. The standard InChI is InChI=1S/C15H23FN2/c1-10-6-11(2)12(3)18(9-10)14-5-4-13(8-17)15(16)7-14/h4-5,7,10-12H,6,8-9,17H2,1-3H3. The lowest BCUT2D eigenvalue weighted by molar-refractivity contribution is 0.297. The summed E-state index contributed by atoms with van der Waals surface area (Å²) in [5.41, 5.74) is 7.07. The predicted octanol–water partition coefficient (Wildman–Crippen LogP) is 3.16. The summed E-state index contributed by atoms with van der Waals surface area (Å²) in [6.07, 6.45) is 1.25. The molecule has 1 aliphatic heterocycles. The number of hydrogen-bond donors (Lipinski definition) is 1. The zero-order valence-electron chi connectivity index (χ0n) is 11.5. The van der Waals surface area contributed by atoms with Gasteiger partial charge in [0, 0.05) is 30.4 Å². The first-order valence-corrected chi connectivity index (χ1v) is 6.78. The van der Waals surface area contributed by atoms with E-state index in [0.29, 0.717) is 23.4 Å². The average molecular weight is 250 g/mol. The molecule has 0 bridgehead atoms. The second-order valence-corrected chi connectivity index (χ2v) is 5.69. The summed E-state index contributed by atoms with van der Waals surface area (Å²) >= 11 is 0. The second kappa shape index (κ2) is 5.27. The van der Waals surface area contributed by atoms with Gasteiger partial charge in [0.25, 0.3) is 0 Å². The largest absolute Gasteiger partial charge is 0.368 e. The molecule has 2 N–H and O–H groups in total. The molecule has 3 heteroatoms. The Hall–Kier alpha value is -1.09. The van der Waals surface area contributed by atoms with Crippen LogP contribution in [0, 0.1) is 17.7 Å². The maximum Gasteiger partial charge on any atom is 0.129 e. The Balaban J connectivity index is 2.27. The molecule has 0 saturated carbocycles. The van der Waals surface area contributed by atoms with Crippen molar-refractivity contribution in [2.45, 2.75) is 39.8 Å². The molecule has 0 amide bonds. The molecular weight excluding hydrogens is 227 g/mol. The van der Waals surface area contributed by atoms with Crippen LogP contribution in [0.3, 0.4) is 0 Å². The molecular formula is C15H23FN2. The first kappa shape index (κ1) is 13.3. The molecule has 1 aliphatic rings. The van der Waals surface area contributed by atoms with Crippen LogP contribution in [0.25, 0.3) is 0 Å². The van der Waals surface area contributed by atoms with Gasteiger partial charge in [0.1, 0.15) is 5.82 Å². The van der Waals surface area contributed by atoms with Gasteiger partial charge in [0.2, 0.25) is 0 Å². The third-order valence-electron chi connectivity index (χ3n) is 4.19. The minimum atomic E-state index is -0.187. The number of piperidine rings is 1. The Morgan fingerprint density at radius 1 is 1.33 bits per heavy atom. The molecule has 1 aromatic rings. The van der Waals surface area contributed by atoms with Gasteiger partial charge in [-0.25, -0.2) is 4.39 Å². The summed E-state index contributed by atoms with van der Waals surface area (Å²) in [5.74, 6) is 1.12. The van der Waals surface area contributed by atoms with Crippen molar-refractivity contribution in [3.8, 4) is 0 Å². The maximum atomic E-state index is 13.8. The van der Waals surface area contributed by atoms with E-state index in [0.717, 1.165) is 12.2 Å². The van der Waals surface area contributed by atoms with Crippen molar-refractivity contribution < 1.29 is 4.39 Å². The van der Waals surface area contributed by atoms with Crippen molar-refractivity contribution in [3.05, 3.63) is 29.6 Å². The zero-order chi connectivity index (χ0) is 13.3. The Morgan fingerprint density at radius 3 is 2.67 bits per heavy atom. The van der Waals surface area contributed by atoms with Gasteiger partial charge in [0.05, 0.1) is 0 Å². The van der Waals surface area contributed by atoms with Crippen LogP contribution in [-0.2, 0) is 6.54 Å². The predicted molar refractivity (Wildman–Crippen MR) is 74.0 cm³/mol. The Bertz CT molecular complexity index is 419. The van der Waals surface area contributed by atoms with Crippen LogP contribution in [0.5, 0.6) is 0 Å². The molecule has 100 valence electrons. The van der Waals surface area contributed by atoms with Gasteiger partial charge in [-0.15, -0.1) is 0 Å². The first-order valence-electron chi connectivity index (χ1n) is 6.78. The number of anilines is 1. The van der Waals surface area contributed by atoms with E-state index in [1.54, 1.807) is 12.1 Å². The molecule has 1 aromatic carbocycles. The van der Waals surface area contributed by atoms with Crippen molar-refractivity contribution in [1.29, 1.82) is 0 Å². The monoisotopic (exact) mass is 250 g/mol. The molecule has 1 fully saturated rings. The van der Waals surface area contributed by atoms with E-state index in [2.05, 4.69) is 25.7 Å². The second-order valence-electron chi connectivity index (χ2n) is 5.69. The summed E-state index contributed by atoms with van der Waals surface area (Å²) in [6, 6.07) is 5.89. The number of nitrogens with two attached hydrogens (primary N) is 1. The lowest BCUT2D eigenvalue weighted by Gasteiger charge is -2.42. The van der Waals surface area contributed by atoms with Crippen LogP contribution in [0.4, 0.5) is 10.1 Å². The minimum Gasteiger partial charge on any atom is -0.368 e. The third-order valence-corrected chi connectivity index (χ3v) is 4.19. The molecule has 3 atom stereocenters. The number of halogens is 1. The highest BCUT2D eigenvalue weighted by molar-refractivity contribution is 5.49. The molecule has 1 heterocycles. The molecule has 2 nitrogen and oxygen atoms in total. The van der Waals surface area contributed by atoms with E-state index in [-0.39, 0.29) is 12.4 Å². The lowest BCUT2D eigenvalue weighted by atomic mass is 9.85. The van der Waals surface area contributed by atoms with Gasteiger partial charge in [-0.05, 0) is 37.3 Å². The van der Waals surface area contributed by atoms with Crippen LogP contribution in [0.2, 0.25) is 0 Å². The summed E-state index contributed by atoms with van der Waals surface area (Å²) < 4.78 is 13.8. The quantitative estimate of drug-likeness (QED) is 0.873. The van der Waals surface area contributed by atoms with Gasteiger partial charge < -0.3 is 10.6 Å². The molecule has 0 radical (unpaired) electrons. The molecule has 1 saturated heterocycles. The van der Waals surface area contributed by atoms with Gasteiger partial charge >= 0.3 is 0 Å². The van der Waals surface area contributed by atoms with Gasteiger partial charge in [-0.1, -0.05) is 19.9 Å². The van der Waals surface area contributed by atoms with Gasteiger partial charge in [-0.2, -0.15) is 0 Å². The summed E-state index contributed by atoms with van der Waals surface area (Å²) in [6.45, 7) is 8.03. The number of hydrogen-bond acceptors (Lipinski definition) is 2. The van der Waals surface area contributed by atoms with Crippen LogP contribution in [0.1, 0.15) is 32.8 Å². The first-order chi connectivity index (χ1) is 8.52. The fourth-order valence-electron chi connectivity index (χ4n) is 2.94. The molecule has 0 aromatic heterocycles. The Kier molecular flexibility index (Phi) is 3.91. The number of benzene rings is 1. The van der Waals surface area contributed by atoms with E-state index in [9.17, 15) is 4.39 Å². The smallest absolute Gasteiger partial charge is 0.129 e.